The molecule has 4 nitrogen and oxygen atoms in total. The molecule has 0 spiro atoms. The quantitative estimate of drug-likeness (QED) is 0.375. The Hall–Kier alpha value is -0.940. The van der Waals surface area contributed by atoms with E-state index < -0.39 is 10.1 Å². The first-order valence-electron chi connectivity index (χ1n) is 4.96. The molecule has 0 bridgehead atoms. The normalized spacial score (nSPS) is 11.6. The van der Waals surface area contributed by atoms with Gasteiger partial charge >= 0.3 is 5.16 Å². The van der Waals surface area contributed by atoms with Crippen LogP contribution in [-0.2, 0) is 6.54 Å². The largest absolute Gasteiger partial charge is 0.373 e. The molecule has 19 heavy (non-hydrogen) atoms. The summed E-state index contributed by atoms with van der Waals surface area (Å²) >= 11 is 22.4. The van der Waals surface area contributed by atoms with Gasteiger partial charge in [0.15, 0.2) is 0 Å². The Morgan fingerprint density at radius 3 is 2.21 bits per heavy atom. The molecule has 8 heteroatoms. The van der Waals surface area contributed by atoms with E-state index in [0.29, 0.717) is 0 Å². The molecule has 0 fully saturated rings. The first-order chi connectivity index (χ1) is 8.93. The Labute approximate surface area is 129 Å². The van der Waals surface area contributed by atoms with Crippen LogP contribution < -0.4 is 5.32 Å². The number of benzene rings is 1. The van der Waals surface area contributed by atoms with Crippen LogP contribution in [0, 0.1) is 10.1 Å². The fourth-order valence-corrected chi connectivity index (χ4v) is 1.77. The highest BCUT2D eigenvalue weighted by molar-refractivity contribution is 6.60. The second-order valence-electron chi connectivity index (χ2n) is 3.34. The van der Waals surface area contributed by atoms with E-state index in [1.807, 2.05) is 30.3 Å². The zero-order chi connectivity index (χ0) is 14.4. The second kappa shape index (κ2) is 7.60. The second-order valence-corrected chi connectivity index (χ2v) is 5.02. The minimum atomic E-state index is -0.784. The Morgan fingerprint density at radius 2 is 1.74 bits per heavy atom. The molecule has 1 aromatic carbocycles. The van der Waals surface area contributed by atoms with Gasteiger partial charge in [-0.3, -0.25) is 10.1 Å². The van der Waals surface area contributed by atoms with Gasteiger partial charge in [0.1, 0.15) is 15.2 Å². The molecular weight excluding hydrogens is 334 g/mol. The standard InChI is InChI=1S/C11H8Cl4N2O2/c12-8(10(13)14)9(11(15)17(18)19)16-6-7-4-2-1-3-5-7/h1-5,16H,6H2/b11-9+. The number of nitro groups is 1. The van der Waals surface area contributed by atoms with Crippen molar-refractivity contribution in [3.8, 4) is 0 Å². The van der Waals surface area contributed by atoms with Crippen LogP contribution in [0.2, 0.25) is 0 Å². The molecule has 0 aliphatic heterocycles. The zero-order valence-electron chi connectivity index (χ0n) is 9.37. The number of rotatable bonds is 5. The van der Waals surface area contributed by atoms with Crippen LogP contribution in [0.15, 0.2) is 50.7 Å². The monoisotopic (exact) mass is 340 g/mol. The van der Waals surface area contributed by atoms with Crippen molar-refractivity contribution < 1.29 is 4.92 Å². The van der Waals surface area contributed by atoms with Crippen molar-refractivity contribution in [1.29, 1.82) is 0 Å². The van der Waals surface area contributed by atoms with Crippen LogP contribution in [0.1, 0.15) is 5.56 Å². The molecule has 1 N–H and O–H groups in total. The minimum Gasteiger partial charge on any atom is -0.373 e. The number of allylic oxidation sites excluding steroid dienone is 1. The first kappa shape index (κ1) is 16.1. The van der Waals surface area contributed by atoms with Crippen molar-refractivity contribution >= 4 is 46.4 Å². The molecule has 1 aromatic rings. The van der Waals surface area contributed by atoms with E-state index in [0.717, 1.165) is 5.56 Å². The summed E-state index contributed by atoms with van der Waals surface area (Å²) in [6.07, 6.45) is 0. The molecule has 1 rings (SSSR count). The Kier molecular flexibility index (Phi) is 6.45. The Morgan fingerprint density at radius 1 is 1.16 bits per heavy atom. The van der Waals surface area contributed by atoms with Crippen molar-refractivity contribution in [3.05, 3.63) is 66.4 Å². The third-order valence-electron chi connectivity index (χ3n) is 2.06. The number of nitrogens with one attached hydrogen (secondary N) is 1. The molecule has 0 unspecified atom stereocenters. The fraction of sp³-hybridized carbons (Fsp3) is 0.0909. The third-order valence-corrected chi connectivity index (χ3v) is 3.34. The van der Waals surface area contributed by atoms with E-state index in [2.05, 4.69) is 5.32 Å². The summed E-state index contributed by atoms with van der Waals surface area (Å²) in [6.45, 7) is 0.289. The average molecular weight is 342 g/mol. The van der Waals surface area contributed by atoms with E-state index in [9.17, 15) is 10.1 Å². The van der Waals surface area contributed by atoms with Gasteiger partial charge in [0.25, 0.3) is 0 Å². The zero-order valence-corrected chi connectivity index (χ0v) is 12.4. The third kappa shape index (κ3) is 4.91. The molecule has 0 saturated carbocycles. The van der Waals surface area contributed by atoms with Gasteiger partial charge in [-0.1, -0.05) is 65.1 Å². The van der Waals surface area contributed by atoms with E-state index in [1.165, 1.54) is 0 Å². The fourth-order valence-electron chi connectivity index (χ4n) is 1.21. The number of nitrogens with zero attached hydrogens (tertiary/aromatic N) is 1. The molecule has 0 heterocycles. The summed E-state index contributed by atoms with van der Waals surface area (Å²) in [5, 5.41) is 12.5. The van der Waals surface area contributed by atoms with E-state index in [1.54, 1.807) is 0 Å². The van der Waals surface area contributed by atoms with Crippen LogP contribution in [-0.4, -0.2) is 4.92 Å². The first-order valence-corrected chi connectivity index (χ1v) is 6.47. The molecule has 0 aliphatic carbocycles. The maximum Gasteiger partial charge on any atom is 0.361 e. The predicted molar refractivity (Wildman–Crippen MR) is 77.7 cm³/mol. The molecule has 0 aliphatic rings. The highest BCUT2D eigenvalue weighted by atomic mass is 35.5. The molecule has 0 radical (unpaired) electrons. The predicted octanol–water partition coefficient (Wildman–Crippen LogP) is 4.35. The van der Waals surface area contributed by atoms with Gasteiger partial charge in [-0.2, -0.15) is 0 Å². The van der Waals surface area contributed by atoms with Crippen molar-refractivity contribution in [2.75, 3.05) is 0 Å². The molecule has 0 saturated heterocycles. The molecule has 0 amide bonds. The lowest BCUT2D eigenvalue weighted by atomic mass is 10.2. The smallest absolute Gasteiger partial charge is 0.361 e. The van der Waals surface area contributed by atoms with Crippen LogP contribution >= 0.6 is 46.4 Å². The lowest BCUT2D eigenvalue weighted by molar-refractivity contribution is -0.413. The summed E-state index contributed by atoms with van der Waals surface area (Å²) in [6, 6.07) is 9.20. The maximum atomic E-state index is 10.7. The Balaban J connectivity index is 2.98. The number of hydrogen-bond donors (Lipinski definition) is 1. The summed E-state index contributed by atoms with van der Waals surface area (Å²) in [4.78, 5) is 9.90. The minimum absolute atomic E-state index is 0.128. The summed E-state index contributed by atoms with van der Waals surface area (Å²) < 4.78 is -0.308. The van der Waals surface area contributed by atoms with E-state index in [4.69, 9.17) is 46.4 Å². The van der Waals surface area contributed by atoms with Gasteiger partial charge in [-0.25, -0.2) is 0 Å². The van der Waals surface area contributed by atoms with Gasteiger partial charge in [0, 0.05) is 6.54 Å². The van der Waals surface area contributed by atoms with Crippen LogP contribution in [0.5, 0.6) is 0 Å². The van der Waals surface area contributed by atoms with Gasteiger partial charge in [-0.15, -0.1) is 0 Å². The Bertz CT molecular complexity index is 525. The van der Waals surface area contributed by atoms with E-state index in [-0.39, 0.29) is 21.8 Å². The lowest BCUT2D eigenvalue weighted by Crippen LogP contribution is -2.17. The van der Waals surface area contributed by atoms with Crippen molar-refractivity contribution in [2.24, 2.45) is 0 Å². The van der Waals surface area contributed by atoms with Gasteiger partial charge in [0.2, 0.25) is 0 Å². The average Bonchev–Trinajstić information content (AvgIpc) is 2.39. The van der Waals surface area contributed by atoms with Gasteiger partial charge in [-0.05, 0) is 17.2 Å². The lowest BCUT2D eigenvalue weighted by Gasteiger charge is -2.09. The summed E-state index contributed by atoms with van der Waals surface area (Å²) in [7, 11) is 0. The number of hydrogen-bond acceptors (Lipinski definition) is 3. The topological polar surface area (TPSA) is 55.2 Å². The van der Waals surface area contributed by atoms with Crippen LogP contribution in [0.3, 0.4) is 0 Å². The summed E-state index contributed by atoms with van der Waals surface area (Å²) in [5.41, 5.74) is 0.764. The molecule has 0 aromatic heterocycles. The maximum absolute atomic E-state index is 10.7. The van der Waals surface area contributed by atoms with Crippen LogP contribution in [0.4, 0.5) is 0 Å². The molecule has 0 atom stereocenters. The van der Waals surface area contributed by atoms with Gasteiger partial charge in [0.05, 0.1) is 4.92 Å². The molecular formula is C11H8Cl4N2O2. The molecule has 102 valence electrons. The van der Waals surface area contributed by atoms with Crippen molar-refractivity contribution in [3.63, 3.8) is 0 Å². The van der Waals surface area contributed by atoms with E-state index >= 15 is 0 Å². The van der Waals surface area contributed by atoms with Crippen molar-refractivity contribution in [2.45, 2.75) is 6.54 Å². The van der Waals surface area contributed by atoms with Crippen LogP contribution in [0.25, 0.3) is 0 Å². The van der Waals surface area contributed by atoms with Gasteiger partial charge < -0.3 is 5.32 Å². The SMILES string of the molecule is O=[N+]([O-])/C(Cl)=C(/NCc1ccccc1)C(Cl)=C(Cl)Cl. The van der Waals surface area contributed by atoms with Crippen molar-refractivity contribution in [1.82, 2.24) is 5.32 Å². The highest BCUT2D eigenvalue weighted by Crippen LogP contribution is 2.27. The summed E-state index contributed by atoms with van der Waals surface area (Å²) in [5.74, 6) is 0. The number of halogens is 4. The highest BCUT2D eigenvalue weighted by Gasteiger charge is 2.20.